The van der Waals surface area contributed by atoms with E-state index < -0.39 is 6.04 Å². The van der Waals surface area contributed by atoms with Gasteiger partial charge in [0.15, 0.2) is 0 Å². The molecule has 2 aliphatic rings. The van der Waals surface area contributed by atoms with Gasteiger partial charge in [0.25, 0.3) is 0 Å². The van der Waals surface area contributed by atoms with Crippen molar-refractivity contribution < 1.29 is 9.59 Å². The molecule has 6 heteroatoms. The molecule has 2 amide bonds. The van der Waals surface area contributed by atoms with Gasteiger partial charge in [0.05, 0.1) is 18.3 Å². The van der Waals surface area contributed by atoms with Crippen LogP contribution in [0.4, 0.5) is 5.69 Å². The molecule has 0 aliphatic carbocycles. The number of primary amides is 1. The van der Waals surface area contributed by atoms with Crippen molar-refractivity contribution in [1.82, 2.24) is 4.90 Å². The van der Waals surface area contributed by atoms with Crippen LogP contribution in [0.1, 0.15) is 24.5 Å². The summed E-state index contributed by atoms with van der Waals surface area (Å²) in [5.41, 5.74) is 8.95. The molecule has 2 aromatic carbocycles. The van der Waals surface area contributed by atoms with E-state index in [0.29, 0.717) is 24.8 Å². The fourth-order valence-electron chi connectivity index (χ4n) is 4.03. The van der Waals surface area contributed by atoms with Crippen molar-refractivity contribution in [2.45, 2.75) is 42.5 Å². The van der Waals surface area contributed by atoms with Crippen LogP contribution in [-0.2, 0) is 22.6 Å². The molecule has 0 saturated heterocycles. The number of nitrogens with two attached hydrogens (primary N) is 1. The lowest BCUT2D eigenvalue weighted by Crippen LogP contribution is -2.52. The normalized spacial score (nSPS) is 22.1. The minimum Gasteiger partial charge on any atom is -0.368 e. The number of fused-ring (bicyclic) bond motifs is 2. The van der Waals surface area contributed by atoms with Gasteiger partial charge in [-0.3, -0.25) is 14.5 Å². The number of carbonyl (C=O) groups is 2. The number of rotatable bonds is 3. The van der Waals surface area contributed by atoms with Crippen LogP contribution in [0.15, 0.2) is 53.4 Å². The minimum absolute atomic E-state index is 0.0211. The molecule has 0 saturated carbocycles. The molecule has 2 atom stereocenters. The van der Waals surface area contributed by atoms with Gasteiger partial charge in [-0.2, -0.15) is 0 Å². The van der Waals surface area contributed by atoms with E-state index in [0.717, 1.165) is 28.1 Å². The summed E-state index contributed by atoms with van der Waals surface area (Å²) in [6.45, 7) is 3.64. The number of thioether (sulfide) groups is 1. The summed E-state index contributed by atoms with van der Waals surface area (Å²) in [7, 11) is 0. The largest absolute Gasteiger partial charge is 0.368 e. The predicted molar refractivity (Wildman–Crippen MR) is 112 cm³/mol. The van der Waals surface area contributed by atoms with Gasteiger partial charge in [-0.25, -0.2) is 0 Å². The Kier molecular flexibility index (Phi) is 5.42. The standard InChI is InChI=1S/C22H25N3O2S/c1-15-10-11-25(18-8-4-5-9-20(18)28-15)21(26)14-24-13-17-7-3-2-6-16(17)12-19(24)22(23)27/h2-9,15,19H,10-14H2,1H3,(H2,23,27)/t15-,19-/m0/s1. The number of nitrogens with zero attached hydrogens (tertiary/aromatic N) is 2. The second kappa shape index (κ2) is 7.97. The monoisotopic (exact) mass is 395 g/mol. The molecule has 2 heterocycles. The lowest BCUT2D eigenvalue weighted by molar-refractivity contribution is -0.126. The third-order valence-electron chi connectivity index (χ3n) is 5.56. The molecule has 0 radical (unpaired) electrons. The third-order valence-corrected chi connectivity index (χ3v) is 6.79. The first-order valence-corrected chi connectivity index (χ1v) is 10.6. The maximum atomic E-state index is 13.3. The number of anilines is 1. The number of carbonyl (C=O) groups excluding carboxylic acids is 2. The van der Waals surface area contributed by atoms with Gasteiger partial charge in [0, 0.05) is 23.2 Å². The first-order chi connectivity index (χ1) is 13.5. The molecule has 0 bridgehead atoms. The third kappa shape index (κ3) is 3.80. The van der Waals surface area contributed by atoms with E-state index in [9.17, 15) is 9.59 Å². The number of hydrogen-bond donors (Lipinski definition) is 1. The summed E-state index contributed by atoms with van der Waals surface area (Å²) in [5.74, 6) is -0.351. The summed E-state index contributed by atoms with van der Waals surface area (Å²) in [4.78, 5) is 30.3. The summed E-state index contributed by atoms with van der Waals surface area (Å²) in [6.07, 6.45) is 1.50. The van der Waals surface area contributed by atoms with Crippen LogP contribution in [0.5, 0.6) is 0 Å². The SMILES string of the molecule is C[C@H]1CCN(C(=O)CN2Cc3ccccc3C[C@H]2C(N)=O)c2ccccc2S1. The van der Waals surface area contributed by atoms with Crippen LogP contribution in [0.2, 0.25) is 0 Å². The van der Waals surface area contributed by atoms with Crippen LogP contribution in [0.3, 0.4) is 0 Å². The summed E-state index contributed by atoms with van der Waals surface area (Å²) in [5, 5.41) is 0.458. The molecule has 5 nitrogen and oxygen atoms in total. The summed E-state index contributed by atoms with van der Waals surface area (Å²) >= 11 is 1.81. The second-order valence-electron chi connectivity index (χ2n) is 7.53. The lowest BCUT2D eigenvalue weighted by atomic mass is 9.93. The Balaban J connectivity index is 1.58. The minimum atomic E-state index is -0.450. The highest BCUT2D eigenvalue weighted by Gasteiger charge is 2.33. The molecule has 2 aliphatic heterocycles. The van der Waals surface area contributed by atoms with Gasteiger partial charge < -0.3 is 10.6 Å². The fraction of sp³-hybridized carbons (Fsp3) is 0.364. The molecule has 2 N–H and O–H groups in total. The van der Waals surface area contributed by atoms with Gasteiger partial charge >= 0.3 is 0 Å². The van der Waals surface area contributed by atoms with E-state index in [-0.39, 0.29) is 18.4 Å². The highest BCUT2D eigenvalue weighted by molar-refractivity contribution is 8.00. The molecule has 0 aromatic heterocycles. The van der Waals surface area contributed by atoms with Gasteiger partial charge in [-0.05, 0) is 36.1 Å². The first kappa shape index (κ1) is 19.0. The van der Waals surface area contributed by atoms with Crippen LogP contribution in [0, 0.1) is 0 Å². The Morgan fingerprint density at radius 1 is 1.11 bits per heavy atom. The van der Waals surface area contributed by atoms with Crippen LogP contribution >= 0.6 is 11.8 Å². The molecule has 2 aromatic rings. The maximum absolute atomic E-state index is 13.3. The average molecular weight is 396 g/mol. The Morgan fingerprint density at radius 3 is 2.61 bits per heavy atom. The molecule has 0 unspecified atom stereocenters. The Hall–Kier alpha value is -2.31. The van der Waals surface area contributed by atoms with Crippen LogP contribution < -0.4 is 10.6 Å². The molecule has 4 rings (SSSR count). The molecular weight excluding hydrogens is 370 g/mol. The van der Waals surface area contributed by atoms with Crippen molar-refractivity contribution in [3.63, 3.8) is 0 Å². The van der Waals surface area contributed by atoms with Crippen molar-refractivity contribution in [2.75, 3.05) is 18.0 Å². The van der Waals surface area contributed by atoms with Gasteiger partial charge in [-0.15, -0.1) is 11.8 Å². The lowest BCUT2D eigenvalue weighted by Gasteiger charge is -2.36. The van der Waals surface area contributed by atoms with Crippen LogP contribution in [0.25, 0.3) is 0 Å². The number of benzene rings is 2. The average Bonchev–Trinajstić information content (AvgIpc) is 2.85. The van der Waals surface area contributed by atoms with E-state index in [2.05, 4.69) is 19.1 Å². The highest BCUT2D eigenvalue weighted by atomic mass is 32.2. The number of hydrogen-bond acceptors (Lipinski definition) is 4. The molecule has 28 heavy (non-hydrogen) atoms. The molecular formula is C22H25N3O2S. The zero-order valence-electron chi connectivity index (χ0n) is 16.0. The molecule has 146 valence electrons. The van der Waals surface area contributed by atoms with E-state index in [4.69, 9.17) is 5.73 Å². The molecule has 0 spiro atoms. The quantitative estimate of drug-likeness (QED) is 0.868. The van der Waals surface area contributed by atoms with Crippen molar-refractivity contribution in [3.05, 3.63) is 59.7 Å². The Bertz CT molecular complexity index is 901. The van der Waals surface area contributed by atoms with Gasteiger partial charge in [-0.1, -0.05) is 43.3 Å². The van der Waals surface area contributed by atoms with Gasteiger partial charge in [0.2, 0.25) is 11.8 Å². The van der Waals surface area contributed by atoms with Crippen molar-refractivity contribution in [2.24, 2.45) is 5.73 Å². The highest BCUT2D eigenvalue weighted by Crippen LogP contribution is 2.37. The number of para-hydroxylation sites is 1. The zero-order valence-corrected chi connectivity index (χ0v) is 16.8. The van der Waals surface area contributed by atoms with Crippen molar-refractivity contribution in [3.8, 4) is 0 Å². The van der Waals surface area contributed by atoms with Crippen molar-refractivity contribution in [1.29, 1.82) is 0 Å². The Morgan fingerprint density at radius 2 is 1.82 bits per heavy atom. The van der Waals surface area contributed by atoms with E-state index in [1.165, 1.54) is 0 Å². The topological polar surface area (TPSA) is 66.6 Å². The fourth-order valence-corrected chi connectivity index (χ4v) is 5.14. The summed E-state index contributed by atoms with van der Waals surface area (Å²) in [6, 6.07) is 15.7. The Labute approximate surface area is 169 Å². The zero-order chi connectivity index (χ0) is 19.7. The smallest absolute Gasteiger partial charge is 0.241 e. The first-order valence-electron chi connectivity index (χ1n) is 9.69. The molecule has 0 fully saturated rings. The predicted octanol–water partition coefficient (Wildman–Crippen LogP) is 2.82. The second-order valence-corrected chi connectivity index (χ2v) is 9.01. The van der Waals surface area contributed by atoms with E-state index >= 15 is 0 Å². The van der Waals surface area contributed by atoms with E-state index in [1.54, 1.807) is 0 Å². The summed E-state index contributed by atoms with van der Waals surface area (Å²) < 4.78 is 0. The van der Waals surface area contributed by atoms with Crippen molar-refractivity contribution >= 4 is 29.3 Å². The van der Waals surface area contributed by atoms with E-state index in [1.807, 2.05) is 58.0 Å². The maximum Gasteiger partial charge on any atom is 0.241 e. The number of amides is 2. The van der Waals surface area contributed by atoms with Gasteiger partial charge in [0.1, 0.15) is 0 Å². The van der Waals surface area contributed by atoms with Crippen LogP contribution in [-0.4, -0.2) is 41.1 Å².